The van der Waals surface area contributed by atoms with Crippen LogP contribution in [0.2, 0.25) is 0 Å². The van der Waals surface area contributed by atoms with Crippen molar-refractivity contribution in [3.05, 3.63) is 18.0 Å². The monoisotopic (exact) mass is 320 g/mol. The van der Waals surface area contributed by atoms with Crippen LogP contribution >= 0.6 is 0 Å². The maximum Gasteiger partial charge on any atom is 0.217 e. The predicted octanol–water partition coefficient (Wildman–Crippen LogP) is 2.68. The van der Waals surface area contributed by atoms with E-state index in [0.29, 0.717) is 12.1 Å². The van der Waals surface area contributed by atoms with E-state index in [2.05, 4.69) is 35.8 Å². The van der Waals surface area contributed by atoms with Gasteiger partial charge in [0.2, 0.25) is 5.91 Å². The maximum absolute atomic E-state index is 11.2. The summed E-state index contributed by atoms with van der Waals surface area (Å²) in [7, 11) is 0. The van der Waals surface area contributed by atoms with Gasteiger partial charge in [0.25, 0.3) is 0 Å². The zero-order valence-corrected chi connectivity index (χ0v) is 14.8. The molecule has 130 valence electrons. The van der Waals surface area contributed by atoms with E-state index >= 15 is 0 Å². The largest absolute Gasteiger partial charge is 0.354 e. The highest BCUT2D eigenvalue weighted by molar-refractivity contribution is 5.73. The van der Waals surface area contributed by atoms with Gasteiger partial charge in [-0.25, -0.2) is 0 Å². The molecule has 5 heteroatoms. The summed E-state index contributed by atoms with van der Waals surface area (Å²) in [6.45, 7) is 8.01. The van der Waals surface area contributed by atoms with Crippen molar-refractivity contribution >= 4 is 5.91 Å². The Morgan fingerprint density at radius 2 is 2.17 bits per heavy atom. The van der Waals surface area contributed by atoms with Gasteiger partial charge in [-0.2, -0.15) is 5.10 Å². The van der Waals surface area contributed by atoms with Gasteiger partial charge in [-0.3, -0.25) is 9.48 Å². The molecule has 1 amide bonds. The highest BCUT2D eigenvalue weighted by Gasteiger charge is 2.19. The second-order valence-corrected chi connectivity index (χ2v) is 7.15. The molecule has 1 aromatic heterocycles. The molecule has 2 atom stereocenters. The summed E-state index contributed by atoms with van der Waals surface area (Å²) in [5.41, 5.74) is 1.30. The first-order valence-electron chi connectivity index (χ1n) is 9.05. The standard InChI is InChI=1S/C18H32N4O/c1-14(2)22-13-17(12-20-22)9-10-19-11-16-5-4-6-18(8-7-16)21-15(3)23/h12-14,16,18-19H,4-11H2,1-3H3,(H,21,23). The molecule has 0 radical (unpaired) electrons. The molecule has 0 aliphatic heterocycles. The number of amides is 1. The Kier molecular flexibility index (Phi) is 7.09. The lowest BCUT2D eigenvalue weighted by molar-refractivity contribution is -0.119. The summed E-state index contributed by atoms with van der Waals surface area (Å²) in [6, 6.07) is 0.818. The Hall–Kier alpha value is -1.36. The van der Waals surface area contributed by atoms with Crippen molar-refractivity contribution < 1.29 is 4.79 Å². The van der Waals surface area contributed by atoms with Crippen LogP contribution in [0.1, 0.15) is 64.5 Å². The molecule has 2 N–H and O–H groups in total. The van der Waals surface area contributed by atoms with Crippen LogP contribution in [0.3, 0.4) is 0 Å². The summed E-state index contributed by atoms with van der Waals surface area (Å²) in [5, 5.41) is 11.1. The smallest absolute Gasteiger partial charge is 0.217 e. The molecular weight excluding hydrogens is 288 g/mol. The molecule has 1 aromatic rings. The van der Waals surface area contributed by atoms with Gasteiger partial charge in [0, 0.05) is 25.2 Å². The average molecular weight is 320 g/mol. The summed E-state index contributed by atoms with van der Waals surface area (Å²) in [5.74, 6) is 0.848. The van der Waals surface area contributed by atoms with E-state index < -0.39 is 0 Å². The third kappa shape index (κ3) is 6.34. The van der Waals surface area contributed by atoms with Crippen molar-refractivity contribution in [1.82, 2.24) is 20.4 Å². The first-order valence-corrected chi connectivity index (χ1v) is 9.05. The highest BCUT2D eigenvalue weighted by atomic mass is 16.1. The zero-order valence-electron chi connectivity index (χ0n) is 14.8. The molecule has 0 spiro atoms. The fourth-order valence-electron chi connectivity index (χ4n) is 3.34. The van der Waals surface area contributed by atoms with Gasteiger partial charge in [0.1, 0.15) is 0 Å². The van der Waals surface area contributed by atoms with E-state index in [4.69, 9.17) is 0 Å². The number of nitrogens with zero attached hydrogens (tertiary/aromatic N) is 2. The number of aromatic nitrogens is 2. The second-order valence-electron chi connectivity index (χ2n) is 7.15. The van der Waals surface area contributed by atoms with Crippen molar-refractivity contribution in [1.29, 1.82) is 0 Å². The number of hydrogen-bond acceptors (Lipinski definition) is 3. The Morgan fingerprint density at radius 1 is 1.35 bits per heavy atom. The predicted molar refractivity (Wildman–Crippen MR) is 93.4 cm³/mol. The van der Waals surface area contributed by atoms with E-state index in [1.807, 2.05) is 10.9 Å². The third-order valence-corrected chi connectivity index (χ3v) is 4.70. The lowest BCUT2D eigenvalue weighted by Crippen LogP contribution is -2.32. The molecule has 1 fully saturated rings. The first-order chi connectivity index (χ1) is 11.0. The molecule has 1 saturated carbocycles. The van der Waals surface area contributed by atoms with Crippen molar-refractivity contribution in [2.45, 2.75) is 71.4 Å². The van der Waals surface area contributed by atoms with Gasteiger partial charge >= 0.3 is 0 Å². The number of hydrogen-bond donors (Lipinski definition) is 2. The van der Waals surface area contributed by atoms with E-state index in [1.165, 1.54) is 24.8 Å². The number of rotatable bonds is 7. The van der Waals surface area contributed by atoms with E-state index in [9.17, 15) is 4.79 Å². The minimum atomic E-state index is 0.105. The average Bonchev–Trinajstić information content (AvgIpc) is 2.86. The zero-order chi connectivity index (χ0) is 16.7. The maximum atomic E-state index is 11.2. The van der Waals surface area contributed by atoms with Gasteiger partial charge in [-0.1, -0.05) is 6.42 Å². The molecular formula is C18H32N4O. The van der Waals surface area contributed by atoms with Crippen molar-refractivity contribution in [2.24, 2.45) is 5.92 Å². The molecule has 2 unspecified atom stereocenters. The van der Waals surface area contributed by atoms with Gasteiger partial charge in [-0.05, 0) is 70.5 Å². The van der Waals surface area contributed by atoms with E-state index in [1.54, 1.807) is 6.92 Å². The number of carbonyl (C=O) groups is 1. The fraction of sp³-hybridized carbons (Fsp3) is 0.778. The van der Waals surface area contributed by atoms with Crippen LogP contribution < -0.4 is 10.6 Å². The molecule has 5 nitrogen and oxygen atoms in total. The molecule has 23 heavy (non-hydrogen) atoms. The van der Waals surface area contributed by atoms with Crippen molar-refractivity contribution in [3.8, 4) is 0 Å². The Morgan fingerprint density at radius 3 is 2.87 bits per heavy atom. The van der Waals surface area contributed by atoms with Crippen LogP contribution in [0, 0.1) is 5.92 Å². The van der Waals surface area contributed by atoms with Gasteiger partial charge in [0.05, 0.1) is 6.20 Å². The van der Waals surface area contributed by atoms with Crippen LogP contribution in [0.4, 0.5) is 0 Å². The summed E-state index contributed by atoms with van der Waals surface area (Å²) < 4.78 is 2.02. The fourth-order valence-corrected chi connectivity index (χ4v) is 3.34. The summed E-state index contributed by atoms with van der Waals surface area (Å²) in [4.78, 5) is 11.2. The van der Waals surface area contributed by atoms with E-state index in [-0.39, 0.29) is 5.91 Å². The van der Waals surface area contributed by atoms with Crippen LogP contribution in [0.5, 0.6) is 0 Å². The van der Waals surface area contributed by atoms with Crippen molar-refractivity contribution in [2.75, 3.05) is 13.1 Å². The van der Waals surface area contributed by atoms with Gasteiger partial charge < -0.3 is 10.6 Å². The lowest BCUT2D eigenvalue weighted by Gasteiger charge is -2.16. The van der Waals surface area contributed by atoms with Gasteiger partial charge in [0.15, 0.2) is 0 Å². The minimum Gasteiger partial charge on any atom is -0.354 e. The third-order valence-electron chi connectivity index (χ3n) is 4.70. The topological polar surface area (TPSA) is 59.0 Å². The molecule has 0 bridgehead atoms. The Labute approximate surface area is 140 Å². The van der Waals surface area contributed by atoms with Crippen molar-refractivity contribution in [3.63, 3.8) is 0 Å². The summed E-state index contributed by atoms with van der Waals surface area (Å²) >= 11 is 0. The quantitative estimate of drug-likeness (QED) is 0.600. The minimum absolute atomic E-state index is 0.105. The summed E-state index contributed by atoms with van der Waals surface area (Å²) in [6.07, 6.45) is 11.1. The molecule has 0 saturated heterocycles. The molecule has 1 aliphatic carbocycles. The molecule has 2 rings (SSSR count). The van der Waals surface area contributed by atoms with Gasteiger partial charge in [-0.15, -0.1) is 0 Å². The SMILES string of the molecule is CC(=O)NC1CCCC(CNCCc2cnn(C(C)C)c2)CC1. The van der Waals surface area contributed by atoms with E-state index in [0.717, 1.165) is 38.3 Å². The Bertz CT molecular complexity index is 483. The van der Waals surface area contributed by atoms with Crippen LogP contribution in [0.25, 0.3) is 0 Å². The Balaban J connectivity index is 1.63. The molecule has 0 aromatic carbocycles. The normalized spacial score (nSPS) is 22.1. The first kappa shape index (κ1) is 18.0. The second kappa shape index (κ2) is 9.06. The molecule has 1 aliphatic rings. The van der Waals surface area contributed by atoms with Crippen LogP contribution in [0.15, 0.2) is 12.4 Å². The lowest BCUT2D eigenvalue weighted by atomic mass is 10.00. The number of carbonyl (C=O) groups excluding carboxylic acids is 1. The van der Waals surface area contributed by atoms with Crippen LogP contribution in [-0.4, -0.2) is 34.8 Å². The number of nitrogens with one attached hydrogen (secondary N) is 2. The van der Waals surface area contributed by atoms with Crippen LogP contribution in [-0.2, 0) is 11.2 Å². The molecule has 1 heterocycles. The highest BCUT2D eigenvalue weighted by Crippen LogP contribution is 2.22.